The molecule has 1 aromatic carbocycles. The van der Waals surface area contributed by atoms with Gasteiger partial charge in [-0.1, -0.05) is 12.1 Å². The van der Waals surface area contributed by atoms with Crippen molar-refractivity contribution in [2.75, 3.05) is 7.05 Å². The lowest BCUT2D eigenvalue weighted by Gasteiger charge is -2.25. The van der Waals surface area contributed by atoms with Crippen molar-refractivity contribution in [1.82, 2.24) is 30.2 Å². The fraction of sp³-hybridized carbons (Fsp3) is 0.389. The van der Waals surface area contributed by atoms with Gasteiger partial charge in [-0.2, -0.15) is 10.2 Å². The van der Waals surface area contributed by atoms with Crippen LogP contribution in [0.25, 0.3) is 10.9 Å². The summed E-state index contributed by atoms with van der Waals surface area (Å²) >= 11 is 0. The summed E-state index contributed by atoms with van der Waals surface area (Å²) in [6, 6.07) is 6.33. The molecule has 4 rings (SSSR count). The van der Waals surface area contributed by atoms with E-state index in [1.807, 2.05) is 43.0 Å². The van der Waals surface area contributed by atoms with Gasteiger partial charge in [0.25, 0.3) is 0 Å². The number of carbonyl (C=O) groups excluding carboxylic acids is 1. The Balaban J connectivity index is 1.55. The summed E-state index contributed by atoms with van der Waals surface area (Å²) in [5.41, 5.74) is 4.40. The second-order valence-electron chi connectivity index (χ2n) is 6.74. The first-order valence-electron chi connectivity index (χ1n) is 8.44. The number of benzene rings is 1. The fourth-order valence-electron chi connectivity index (χ4n) is 3.63. The van der Waals surface area contributed by atoms with Crippen molar-refractivity contribution in [3.05, 3.63) is 47.4 Å². The van der Waals surface area contributed by atoms with Crippen LogP contribution in [0.2, 0.25) is 0 Å². The molecule has 0 bridgehead atoms. The number of hydrogen-bond acceptors (Lipinski definition) is 4. The maximum Gasteiger partial charge on any atom is 0.224 e. The third kappa shape index (κ3) is 2.70. The Morgan fingerprint density at radius 2 is 2.16 bits per heavy atom. The van der Waals surface area contributed by atoms with Crippen molar-refractivity contribution in [2.45, 2.75) is 32.0 Å². The fourth-order valence-corrected chi connectivity index (χ4v) is 3.63. The van der Waals surface area contributed by atoms with E-state index in [0.717, 1.165) is 22.2 Å². The minimum absolute atomic E-state index is 0.0112. The van der Waals surface area contributed by atoms with Crippen LogP contribution in [0.4, 0.5) is 0 Å². The lowest BCUT2D eigenvalue weighted by atomic mass is 10.0. The number of fused-ring (bicyclic) bond motifs is 1. The molecule has 3 heterocycles. The molecule has 1 fully saturated rings. The van der Waals surface area contributed by atoms with Crippen LogP contribution in [0.15, 0.2) is 30.6 Å². The molecule has 1 aliphatic rings. The van der Waals surface area contributed by atoms with Crippen LogP contribution in [-0.2, 0) is 18.4 Å². The monoisotopic (exact) mass is 338 g/mol. The molecule has 0 radical (unpaired) electrons. The van der Waals surface area contributed by atoms with Gasteiger partial charge in [-0.25, -0.2) is 0 Å². The largest absolute Gasteiger partial charge is 0.337 e. The number of aryl methyl sites for hydroxylation is 1. The van der Waals surface area contributed by atoms with Gasteiger partial charge in [-0.3, -0.25) is 14.6 Å². The predicted molar refractivity (Wildman–Crippen MR) is 94.8 cm³/mol. The SMILES string of the molecule is Cc1c([C@H]2[C@H](NCc3ccc4cn[nH]c4c3)CC(=O)N2C)cnn1C. The number of likely N-dealkylation sites (tertiary alicyclic amines) is 1. The minimum Gasteiger partial charge on any atom is -0.337 e. The number of aromatic amines is 1. The summed E-state index contributed by atoms with van der Waals surface area (Å²) in [6.07, 6.45) is 4.20. The molecule has 0 saturated carbocycles. The van der Waals surface area contributed by atoms with Gasteiger partial charge in [0.1, 0.15) is 0 Å². The highest BCUT2D eigenvalue weighted by Crippen LogP contribution is 2.33. The van der Waals surface area contributed by atoms with Gasteiger partial charge in [0.2, 0.25) is 5.91 Å². The second kappa shape index (κ2) is 6.00. The molecule has 0 spiro atoms. The molecule has 3 aromatic rings. The first-order valence-corrected chi connectivity index (χ1v) is 8.44. The number of carbonyl (C=O) groups is 1. The van der Waals surface area contributed by atoms with Crippen molar-refractivity contribution in [1.29, 1.82) is 0 Å². The van der Waals surface area contributed by atoms with Crippen LogP contribution in [0.5, 0.6) is 0 Å². The van der Waals surface area contributed by atoms with E-state index >= 15 is 0 Å². The van der Waals surface area contributed by atoms with Crippen LogP contribution in [-0.4, -0.2) is 43.9 Å². The molecular weight excluding hydrogens is 316 g/mol. The Hall–Kier alpha value is -2.67. The summed E-state index contributed by atoms with van der Waals surface area (Å²) in [7, 11) is 3.80. The summed E-state index contributed by atoms with van der Waals surface area (Å²) in [5, 5.41) is 16.1. The molecule has 2 atom stereocenters. The number of likely N-dealkylation sites (N-methyl/N-ethyl adjacent to an activating group) is 1. The maximum atomic E-state index is 12.3. The van der Waals surface area contributed by atoms with Crippen LogP contribution in [0.3, 0.4) is 0 Å². The molecule has 1 aliphatic heterocycles. The highest BCUT2D eigenvalue weighted by atomic mass is 16.2. The molecule has 130 valence electrons. The van der Waals surface area contributed by atoms with E-state index in [9.17, 15) is 4.79 Å². The third-order valence-corrected chi connectivity index (χ3v) is 5.25. The van der Waals surface area contributed by atoms with Gasteiger partial charge < -0.3 is 10.2 Å². The zero-order valence-electron chi connectivity index (χ0n) is 14.7. The topological polar surface area (TPSA) is 78.8 Å². The highest BCUT2D eigenvalue weighted by Gasteiger charge is 2.39. The highest BCUT2D eigenvalue weighted by molar-refractivity contribution is 5.80. The lowest BCUT2D eigenvalue weighted by molar-refractivity contribution is -0.127. The van der Waals surface area contributed by atoms with Crippen LogP contribution < -0.4 is 5.32 Å². The van der Waals surface area contributed by atoms with Crippen molar-refractivity contribution in [3.63, 3.8) is 0 Å². The number of aromatic nitrogens is 4. The van der Waals surface area contributed by atoms with Crippen molar-refractivity contribution < 1.29 is 4.79 Å². The van der Waals surface area contributed by atoms with E-state index in [1.54, 1.807) is 0 Å². The predicted octanol–water partition coefficient (Wildman–Crippen LogP) is 1.67. The number of nitrogens with zero attached hydrogens (tertiary/aromatic N) is 4. The summed E-state index contributed by atoms with van der Waals surface area (Å²) in [4.78, 5) is 14.1. The second-order valence-corrected chi connectivity index (χ2v) is 6.74. The normalized spacial score (nSPS) is 20.8. The van der Waals surface area contributed by atoms with E-state index in [1.165, 1.54) is 5.56 Å². The molecule has 7 nitrogen and oxygen atoms in total. The molecule has 1 saturated heterocycles. The zero-order valence-corrected chi connectivity index (χ0v) is 14.7. The van der Waals surface area contributed by atoms with Crippen molar-refractivity contribution in [2.24, 2.45) is 7.05 Å². The smallest absolute Gasteiger partial charge is 0.224 e. The standard InChI is InChI=1S/C18H22N6O/c1-11-14(10-21-24(11)3)18-16(7-17(25)23(18)2)19-8-12-4-5-13-9-20-22-15(13)6-12/h4-6,9-10,16,18-19H,7-8H2,1-3H3,(H,20,22)/t16-,18+/m1/s1. The van der Waals surface area contributed by atoms with Gasteiger partial charge in [-0.15, -0.1) is 0 Å². The molecule has 1 amide bonds. The Morgan fingerprint density at radius 3 is 2.92 bits per heavy atom. The molecule has 7 heteroatoms. The van der Waals surface area contributed by atoms with E-state index in [2.05, 4.69) is 38.8 Å². The molecule has 0 aliphatic carbocycles. The Kier molecular flexibility index (Phi) is 3.80. The van der Waals surface area contributed by atoms with E-state index in [4.69, 9.17) is 0 Å². The third-order valence-electron chi connectivity index (χ3n) is 5.25. The molecule has 0 unspecified atom stereocenters. The Bertz CT molecular complexity index is 927. The van der Waals surface area contributed by atoms with Crippen molar-refractivity contribution in [3.8, 4) is 0 Å². The molecule has 2 N–H and O–H groups in total. The average molecular weight is 338 g/mol. The van der Waals surface area contributed by atoms with Gasteiger partial charge in [0.05, 0.1) is 24.0 Å². The van der Waals surface area contributed by atoms with Crippen molar-refractivity contribution >= 4 is 16.8 Å². The van der Waals surface area contributed by atoms with Crippen LogP contribution in [0, 0.1) is 6.92 Å². The van der Waals surface area contributed by atoms with E-state index < -0.39 is 0 Å². The zero-order chi connectivity index (χ0) is 17.6. The lowest BCUT2D eigenvalue weighted by Crippen LogP contribution is -2.35. The van der Waals surface area contributed by atoms with Gasteiger partial charge in [0.15, 0.2) is 0 Å². The first-order chi connectivity index (χ1) is 12.0. The summed E-state index contributed by atoms with van der Waals surface area (Å²) in [6.45, 7) is 2.75. The average Bonchev–Trinajstić information content (AvgIpc) is 3.27. The quantitative estimate of drug-likeness (QED) is 0.758. The number of H-pyrrole nitrogens is 1. The molecule has 2 aromatic heterocycles. The van der Waals surface area contributed by atoms with Crippen LogP contribution in [0.1, 0.15) is 29.3 Å². The summed E-state index contributed by atoms with van der Waals surface area (Å²) in [5.74, 6) is 0.162. The molecular formula is C18H22N6O. The molecule has 25 heavy (non-hydrogen) atoms. The minimum atomic E-state index is 0.0112. The Labute approximate surface area is 146 Å². The summed E-state index contributed by atoms with van der Waals surface area (Å²) < 4.78 is 1.86. The van der Waals surface area contributed by atoms with Crippen LogP contribution >= 0.6 is 0 Å². The van der Waals surface area contributed by atoms with E-state index in [0.29, 0.717) is 13.0 Å². The van der Waals surface area contributed by atoms with E-state index in [-0.39, 0.29) is 18.0 Å². The van der Waals surface area contributed by atoms with Gasteiger partial charge in [-0.05, 0) is 18.6 Å². The Morgan fingerprint density at radius 1 is 1.32 bits per heavy atom. The number of nitrogens with one attached hydrogen (secondary N) is 2. The number of hydrogen-bond donors (Lipinski definition) is 2. The van der Waals surface area contributed by atoms with Gasteiger partial charge in [0, 0.05) is 49.7 Å². The number of amides is 1. The maximum absolute atomic E-state index is 12.3. The number of rotatable bonds is 4. The first kappa shape index (κ1) is 15.8. The van der Waals surface area contributed by atoms with Gasteiger partial charge >= 0.3 is 0 Å².